The molecule has 0 spiro atoms. The van der Waals surface area contributed by atoms with Crippen molar-refractivity contribution in [2.24, 2.45) is 0 Å². The summed E-state index contributed by atoms with van der Waals surface area (Å²) in [4.78, 5) is 0. The van der Waals surface area contributed by atoms with Crippen LogP contribution in [-0.2, 0) is 3.79 Å². The summed E-state index contributed by atoms with van der Waals surface area (Å²) in [5.41, 5.74) is 0.506. The Kier molecular flexibility index (Phi) is 5.05. The minimum absolute atomic E-state index is 0. The van der Waals surface area contributed by atoms with Crippen molar-refractivity contribution in [1.29, 1.82) is 0 Å². The molecule has 0 N–H and O–H groups in total. The van der Waals surface area contributed by atoms with E-state index in [1.807, 2.05) is 0 Å². The summed E-state index contributed by atoms with van der Waals surface area (Å²) in [5, 5.41) is 0.465. The van der Waals surface area contributed by atoms with Crippen molar-refractivity contribution in [3.8, 4) is 0 Å². The van der Waals surface area contributed by atoms with Crippen LogP contribution in [0.25, 0.3) is 0 Å². The Balaban J connectivity index is 0.00000121. The Morgan fingerprint density at radius 1 is 1.00 bits per heavy atom. The molecule has 0 aliphatic heterocycles. The minimum Gasteiger partial charge on any atom is -1.00 e. The molecule has 1 aromatic rings. The van der Waals surface area contributed by atoms with Gasteiger partial charge in [-0.05, 0) is 6.07 Å². The molecule has 0 saturated heterocycles. The fourth-order valence-corrected chi connectivity index (χ4v) is 1.61. The molecule has 0 radical (unpaired) electrons. The lowest BCUT2D eigenvalue weighted by Crippen LogP contribution is -3.00. The Hall–Kier alpha value is 0.670. The Labute approximate surface area is 97.2 Å². The molecule has 0 heterocycles. The molecule has 0 bridgehead atoms. The molecule has 0 fully saturated rings. The molecule has 0 amide bonds. The molecule has 0 saturated carbocycles. The van der Waals surface area contributed by atoms with E-state index in [9.17, 15) is 0 Å². The smallest absolute Gasteiger partial charge is 0.217 e. The Bertz CT molecular complexity index is 252. The monoisotopic (exact) mass is 263 g/mol. The average Bonchev–Trinajstić information content (AvgIpc) is 1.86. The molecule has 5 heteroatoms. The topological polar surface area (TPSA) is 0 Å². The number of halogens is 5. The summed E-state index contributed by atoms with van der Waals surface area (Å²) in [6, 6.07) is 6.90. The molecule has 1 rings (SSSR count). The van der Waals surface area contributed by atoms with E-state index < -0.39 is 3.79 Å². The third-order valence-corrected chi connectivity index (χ3v) is 2.12. The lowest BCUT2D eigenvalue weighted by Gasteiger charge is -2.11. The SMILES string of the molecule is Clc1ccccc1C(Cl)(Cl)Cl.[Cl-]. The van der Waals surface area contributed by atoms with E-state index >= 15 is 0 Å². The second-order valence-corrected chi connectivity index (χ2v) is 4.67. The predicted octanol–water partition coefficient (Wildman–Crippen LogP) is 1.17. The molecule has 0 nitrogen and oxygen atoms in total. The van der Waals surface area contributed by atoms with Gasteiger partial charge in [0, 0.05) is 10.6 Å². The first kappa shape index (κ1) is 12.7. The fraction of sp³-hybridized carbons (Fsp3) is 0.143. The van der Waals surface area contributed by atoms with Crippen LogP contribution in [0.2, 0.25) is 5.02 Å². The van der Waals surface area contributed by atoms with Crippen LogP contribution in [0.5, 0.6) is 0 Å². The van der Waals surface area contributed by atoms with Crippen molar-refractivity contribution in [3.63, 3.8) is 0 Å². The van der Waals surface area contributed by atoms with Crippen LogP contribution in [-0.4, -0.2) is 0 Å². The maximum absolute atomic E-state index is 5.76. The summed E-state index contributed by atoms with van der Waals surface area (Å²) in [6.45, 7) is 0. The third kappa shape index (κ3) is 3.20. The van der Waals surface area contributed by atoms with Gasteiger partial charge >= 0.3 is 0 Å². The molecule has 0 unspecified atom stereocenters. The first-order valence-corrected chi connectivity index (χ1v) is 4.35. The van der Waals surface area contributed by atoms with Crippen LogP contribution in [0, 0.1) is 0 Å². The van der Waals surface area contributed by atoms with Crippen LogP contribution in [0.3, 0.4) is 0 Å². The van der Waals surface area contributed by atoms with Crippen molar-refractivity contribution in [3.05, 3.63) is 34.9 Å². The highest BCUT2D eigenvalue weighted by Gasteiger charge is 2.24. The number of rotatable bonds is 0. The molecular formula is C7H4Cl5-. The molecule has 1 aromatic carbocycles. The van der Waals surface area contributed by atoms with Crippen LogP contribution >= 0.6 is 46.4 Å². The first-order chi connectivity index (χ1) is 5.02. The van der Waals surface area contributed by atoms with E-state index in [0.29, 0.717) is 10.6 Å². The van der Waals surface area contributed by atoms with Gasteiger partial charge < -0.3 is 12.4 Å². The van der Waals surface area contributed by atoms with Crippen LogP contribution in [0.4, 0.5) is 0 Å². The van der Waals surface area contributed by atoms with Gasteiger partial charge in [-0.2, -0.15) is 0 Å². The van der Waals surface area contributed by atoms with Gasteiger partial charge in [-0.3, -0.25) is 0 Å². The Morgan fingerprint density at radius 2 is 1.50 bits per heavy atom. The normalized spacial score (nSPS) is 10.7. The molecule has 0 atom stereocenters. The maximum Gasteiger partial charge on any atom is 0.217 e. The van der Waals surface area contributed by atoms with Gasteiger partial charge in [-0.1, -0.05) is 64.6 Å². The molecule has 12 heavy (non-hydrogen) atoms. The Morgan fingerprint density at radius 3 is 1.83 bits per heavy atom. The van der Waals surface area contributed by atoms with Crippen LogP contribution < -0.4 is 12.4 Å². The number of hydrogen-bond acceptors (Lipinski definition) is 0. The highest BCUT2D eigenvalue weighted by molar-refractivity contribution is 6.67. The van der Waals surface area contributed by atoms with Crippen molar-refractivity contribution in [2.75, 3.05) is 0 Å². The van der Waals surface area contributed by atoms with Gasteiger partial charge in [0.2, 0.25) is 3.79 Å². The van der Waals surface area contributed by atoms with E-state index in [-0.39, 0.29) is 12.4 Å². The summed E-state index contributed by atoms with van der Waals surface area (Å²) in [6.07, 6.45) is 0. The fourth-order valence-electron chi connectivity index (χ4n) is 0.691. The second-order valence-electron chi connectivity index (χ2n) is 1.98. The average molecular weight is 265 g/mol. The van der Waals surface area contributed by atoms with Gasteiger partial charge in [-0.15, -0.1) is 0 Å². The number of hydrogen-bond donors (Lipinski definition) is 0. The zero-order valence-electron chi connectivity index (χ0n) is 5.70. The second kappa shape index (κ2) is 4.78. The van der Waals surface area contributed by atoms with Gasteiger partial charge in [0.15, 0.2) is 0 Å². The van der Waals surface area contributed by atoms with Gasteiger partial charge in [0.1, 0.15) is 0 Å². The lowest BCUT2D eigenvalue weighted by molar-refractivity contribution is -0.00000186. The van der Waals surface area contributed by atoms with Gasteiger partial charge in [-0.25, -0.2) is 0 Å². The molecule has 0 aliphatic carbocycles. The van der Waals surface area contributed by atoms with E-state index in [1.165, 1.54) is 0 Å². The number of benzene rings is 1. The molecule has 68 valence electrons. The summed E-state index contributed by atoms with van der Waals surface area (Å²) >= 11 is 22.6. The predicted molar refractivity (Wildman–Crippen MR) is 50.7 cm³/mol. The highest BCUT2D eigenvalue weighted by Crippen LogP contribution is 2.41. The molecule has 0 aliphatic rings. The summed E-state index contributed by atoms with van der Waals surface area (Å²) in [7, 11) is 0. The zero-order valence-corrected chi connectivity index (χ0v) is 9.48. The highest BCUT2D eigenvalue weighted by atomic mass is 35.6. The van der Waals surface area contributed by atoms with Crippen molar-refractivity contribution in [2.45, 2.75) is 3.79 Å². The van der Waals surface area contributed by atoms with Crippen molar-refractivity contribution < 1.29 is 12.4 Å². The quantitative estimate of drug-likeness (QED) is 0.618. The minimum atomic E-state index is -1.43. The zero-order chi connectivity index (χ0) is 8.48. The largest absolute Gasteiger partial charge is 1.00 e. The van der Waals surface area contributed by atoms with E-state index in [2.05, 4.69) is 0 Å². The van der Waals surface area contributed by atoms with Crippen molar-refractivity contribution in [1.82, 2.24) is 0 Å². The summed E-state index contributed by atoms with van der Waals surface area (Å²) in [5.74, 6) is 0. The van der Waals surface area contributed by atoms with Gasteiger partial charge in [0.05, 0.1) is 0 Å². The van der Waals surface area contributed by atoms with Gasteiger partial charge in [0.25, 0.3) is 0 Å². The van der Waals surface area contributed by atoms with Crippen molar-refractivity contribution >= 4 is 46.4 Å². The summed E-state index contributed by atoms with van der Waals surface area (Å²) < 4.78 is -1.43. The van der Waals surface area contributed by atoms with E-state index in [4.69, 9.17) is 46.4 Å². The molecular weight excluding hydrogens is 261 g/mol. The van der Waals surface area contributed by atoms with E-state index in [0.717, 1.165) is 0 Å². The third-order valence-electron chi connectivity index (χ3n) is 1.18. The molecule has 0 aromatic heterocycles. The van der Waals surface area contributed by atoms with E-state index in [1.54, 1.807) is 24.3 Å². The maximum atomic E-state index is 5.76. The lowest BCUT2D eigenvalue weighted by atomic mass is 10.2. The number of alkyl halides is 3. The standard InChI is InChI=1S/C7H4Cl4.ClH/c8-6-4-2-1-3-5(6)7(9,10)11;/h1-4H;1H/p-1. The van der Waals surface area contributed by atoms with Crippen LogP contribution in [0.15, 0.2) is 24.3 Å². The van der Waals surface area contributed by atoms with Crippen LogP contribution in [0.1, 0.15) is 5.56 Å². The first-order valence-electron chi connectivity index (χ1n) is 2.83.